The number of fused-ring (bicyclic) bond motifs is 2. The Morgan fingerprint density at radius 2 is 2.07 bits per heavy atom. The SMILES string of the molecule is O=c1c2ccc(Cl)cc2ncn1C[C@H](O)COCc1ccc2c(c1)OCO2. The van der Waals surface area contributed by atoms with Gasteiger partial charge in [0.15, 0.2) is 11.5 Å². The molecule has 1 N–H and O–H groups in total. The molecule has 0 saturated carbocycles. The van der Waals surface area contributed by atoms with E-state index in [4.69, 9.17) is 25.8 Å². The number of aliphatic hydroxyl groups excluding tert-OH is 1. The third kappa shape index (κ3) is 3.90. The molecule has 0 spiro atoms. The lowest BCUT2D eigenvalue weighted by Gasteiger charge is -2.13. The van der Waals surface area contributed by atoms with Crippen LogP contribution < -0.4 is 15.0 Å². The van der Waals surface area contributed by atoms with E-state index in [2.05, 4.69) is 4.98 Å². The van der Waals surface area contributed by atoms with E-state index in [9.17, 15) is 9.90 Å². The lowest BCUT2D eigenvalue weighted by molar-refractivity contribution is 0.0198. The second kappa shape index (κ2) is 7.56. The van der Waals surface area contributed by atoms with Crippen LogP contribution in [0.5, 0.6) is 11.5 Å². The van der Waals surface area contributed by atoms with Crippen LogP contribution in [0.1, 0.15) is 5.56 Å². The van der Waals surface area contributed by atoms with Gasteiger partial charge in [0.05, 0.1) is 43.1 Å². The first-order valence-corrected chi connectivity index (χ1v) is 8.77. The molecule has 140 valence electrons. The fraction of sp³-hybridized carbons (Fsp3) is 0.263. The van der Waals surface area contributed by atoms with E-state index >= 15 is 0 Å². The molecular weight excluding hydrogens is 372 g/mol. The Morgan fingerprint density at radius 1 is 1.22 bits per heavy atom. The Balaban J connectivity index is 1.36. The van der Waals surface area contributed by atoms with Gasteiger partial charge in [-0.05, 0) is 35.9 Å². The summed E-state index contributed by atoms with van der Waals surface area (Å²) in [4.78, 5) is 16.7. The first kappa shape index (κ1) is 17.8. The molecule has 0 radical (unpaired) electrons. The zero-order chi connectivity index (χ0) is 18.8. The quantitative estimate of drug-likeness (QED) is 0.698. The summed E-state index contributed by atoms with van der Waals surface area (Å²) in [5, 5.41) is 11.2. The van der Waals surface area contributed by atoms with Crippen LogP contribution in [-0.2, 0) is 17.9 Å². The Labute approximate surface area is 159 Å². The first-order valence-electron chi connectivity index (χ1n) is 8.39. The minimum atomic E-state index is -0.844. The van der Waals surface area contributed by atoms with Crippen molar-refractivity contribution in [3.05, 3.63) is 63.7 Å². The van der Waals surface area contributed by atoms with Gasteiger partial charge in [-0.25, -0.2) is 4.98 Å². The molecule has 2 aromatic carbocycles. The van der Waals surface area contributed by atoms with Crippen molar-refractivity contribution < 1.29 is 19.3 Å². The molecule has 8 heteroatoms. The Bertz CT molecular complexity index is 1040. The maximum Gasteiger partial charge on any atom is 0.261 e. The predicted octanol–water partition coefficient (Wildman–Crippen LogP) is 2.36. The smallest absolute Gasteiger partial charge is 0.261 e. The van der Waals surface area contributed by atoms with Gasteiger partial charge in [0, 0.05) is 5.02 Å². The molecule has 27 heavy (non-hydrogen) atoms. The van der Waals surface area contributed by atoms with E-state index in [0.29, 0.717) is 34.0 Å². The molecule has 2 heterocycles. The van der Waals surface area contributed by atoms with Crippen LogP contribution in [0, 0.1) is 0 Å². The molecule has 0 fully saturated rings. The summed E-state index contributed by atoms with van der Waals surface area (Å²) in [6.45, 7) is 0.710. The summed E-state index contributed by atoms with van der Waals surface area (Å²) >= 11 is 5.91. The highest BCUT2D eigenvalue weighted by Crippen LogP contribution is 2.32. The largest absolute Gasteiger partial charge is 0.454 e. The van der Waals surface area contributed by atoms with Gasteiger partial charge in [0.1, 0.15) is 0 Å². The number of ether oxygens (including phenoxy) is 3. The molecule has 0 amide bonds. The summed E-state index contributed by atoms with van der Waals surface area (Å²) in [5.41, 5.74) is 1.21. The van der Waals surface area contributed by atoms with Crippen molar-refractivity contribution in [3.63, 3.8) is 0 Å². The van der Waals surface area contributed by atoms with Crippen molar-refractivity contribution in [2.24, 2.45) is 0 Å². The number of aromatic nitrogens is 2. The van der Waals surface area contributed by atoms with Crippen molar-refractivity contribution in [3.8, 4) is 11.5 Å². The summed E-state index contributed by atoms with van der Waals surface area (Å²) in [5.74, 6) is 1.40. The molecule has 7 nitrogen and oxygen atoms in total. The van der Waals surface area contributed by atoms with Crippen LogP contribution >= 0.6 is 11.6 Å². The Morgan fingerprint density at radius 3 is 2.96 bits per heavy atom. The standard InChI is InChI=1S/C19H17ClN2O5/c20-13-2-3-15-16(6-13)21-10-22(19(15)24)7-14(23)9-25-8-12-1-4-17-18(5-12)27-11-26-17/h1-6,10,14,23H,7-9,11H2/t14-/m0/s1. The summed E-state index contributed by atoms with van der Waals surface area (Å²) < 4.78 is 17.5. The number of aliphatic hydroxyl groups is 1. The van der Waals surface area contributed by atoms with Crippen molar-refractivity contribution in [1.29, 1.82) is 0 Å². The van der Waals surface area contributed by atoms with Gasteiger partial charge < -0.3 is 19.3 Å². The molecule has 1 aliphatic rings. The van der Waals surface area contributed by atoms with Crippen LogP contribution in [0.2, 0.25) is 5.02 Å². The van der Waals surface area contributed by atoms with E-state index in [1.807, 2.05) is 18.2 Å². The number of hydrogen-bond donors (Lipinski definition) is 1. The second-order valence-corrected chi connectivity index (χ2v) is 6.66. The molecular formula is C19H17ClN2O5. The lowest BCUT2D eigenvalue weighted by atomic mass is 10.2. The lowest BCUT2D eigenvalue weighted by Crippen LogP contribution is -2.29. The molecule has 4 rings (SSSR count). The number of benzene rings is 2. The second-order valence-electron chi connectivity index (χ2n) is 6.22. The Kier molecular flexibility index (Phi) is 4.98. The van der Waals surface area contributed by atoms with Crippen LogP contribution in [-0.4, -0.2) is 34.2 Å². The molecule has 1 aliphatic heterocycles. The van der Waals surface area contributed by atoms with Gasteiger partial charge in [-0.1, -0.05) is 17.7 Å². The average Bonchev–Trinajstić information content (AvgIpc) is 3.12. The van der Waals surface area contributed by atoms with Gasteiger partial charge in [-0.2, -0.15) is 0 Å². The maximum atomic E-state index is 12.5. The minimum Gasteiger partial charge on any atom is -0.454 e. The van der Waals surface area contributed by atoms with Crippen LogP contribution in [0.15, 0.2) is 47.5 Å². The van der Waals surface area contributed by atoms with Gasteiger partial charge >= 0.3 is 0 Å². The van der Waals surface area contributed by atoms with E-state index in [1.165, 1.54) is 10.9 Å². The summed E-state index contributed by atoms with van der Waals surface area (Å²) in [7, 11) is 0. The van der Waals surface area contributed by atoms with Gasteiger partial charge in [0.2, 0.25) is 6.79 Å². The molecule has 0 bridgehead atoms. The van der Waals surface area contributed by atoms with Crippen LogP contribution in [0.25, 0.3) is 10.9 Å². The number of rotatable bonds is 6. The number of hydrogen-bond acceptors (Lipinski definition) is 6. The molecule has 1 atom stereocenters. The molecule has 3 aromatic rings. The normalized spacial score (nSPS) is 13.9. The van der Waals surface area contributed by atoms with E-state index < -0.39 is 6.10 Å². The minimum absolute atomic E-state index is 0.0829. The fourth-order valence-electron chi connectivity index (χ4n) is 2.88. The number of nitrogens with zero attached hydrogens (tertiary/aromatic N) is 2. The topological polar surface area (TPSA) is 82.8 Å². The summed E-state index contributed by atoms with van der Waals surface area (Å²) in [6, 6.07) is 10.5. The van der Waals surface area contributed by atoms with Crippen LogP contribution in [0.3, 0.4) is 0 Å². The van der Waals surface area contributed by atoms with E-state index in [-0.39, 0.29) is 25.5 Å². The molecule has 0 aliphatic carbocycles. The summed E-state index contributed by atoms with van der Waals surface area (Å²) in [6.07, 6.45) is 0.561. The zero-order valence-corrected chi connectivity index (χ0v) is 15.1. The van der Waals surface area contributed by atoms with E-state index in [0.717, 1.165) is 5.56 Å². The van der Waals surface area contributed by atoms with Crippen molar-refractivity contribution in [1.82, 2.24) is 9.55 Å². The monoisotopic (exact) mass is 388 g/mol. The third-order valence-electron chi connectivity index (χ3n) is 4.21. The fourth-order valence-corrected chi connectivity index (χ4v) is 3.05. The van der Waals surface area contributed by atoms with Gasteiger partial charge in [-0.3, -0.25) is 9.36 Å². The highest BCUT2D eigenvalue weighted by molar-refractivity contribution is 6.31. The molecule has 0 unspecified atom stereocenters. The van der Waals surface area contributed by atoms with Gasteiger partial charge in [0.25, 0.3) is 5.56 Å². The highest BCUT2D eigenvalue weighted by atomic mass is 35.5. The van der Waals surface area contributed by atoms with Crippen LogP contribution in [0.4, 0.5) is 0 Å². The number of halogens is 1. The van der Waals surface area contributed by atoms with Gasteiger partial charge in [-0.15, -0.1) is 0 Å². The first-order chi connectivity index (χ1) is 13.1. The van der Waals surface area contributed by atoms with Crippen molar-refractivity contribution >= 4 is 22.5 Å². The predicted molar refractivity (Wildman–Crippen MR) is 99.2 cm³/mol. The average molecular weight is 389 g/mol. The Hall–Kier alpha value is -2.61. The third-order valence-corrected chi connectivity index (χ3v) is 4.45. The highest BCUT2D eigenvalue weighted by Gasteiger charge is 2.14. The van der Waals surface area contributed by atoms with E-state index in [1.54, 1.807) is 18.2 Å². The van der Waals surface area contributed by atoms with Crippen molar-refractivity contribution in [2.75, 3.05) is 13.4 Å². The maximum absolute atomic E-state index is 12.5. The molecule has 1 aromatic heterocycles. The van der Waals surface area contributed by atoms with Crippen molar-refractivity contribution in [2.45, 2.75) is 19.3 Å². The zero-order valence-electron chi connectivity index (χ0n) is 14.3. The molecule has 0 saturated heterocycles.